The molecule has 4 aromatic rings. The van der Waals surface area contributed by atoms with Crippen molar-refractivity contribution >= 4 is 22.5 Å². The molecule has 5 rings (SSSR count). The van der Waals surface area contributed by atoms with Crippen molar-refractivity contribution in [3.63, 3.8) is 0 Å². The van der Waals surface area contributed by atoms with Crippen LogP contribution in [0.3, 0.4) is 0 Å². The van der Waals surface area contributed by atoms with Gasteiger partial charge in [-0.05, 0) is 55.8 Å². The number of halogens is 1. The van der Waals surface area contributed by atoms with Crippen LogP contribution in [0.1, 0.15) is 19.3 Å². The average Bonchev–Trinajstić information content (AvgIpc) is 3.17. The predicted molar refractivity (Wildman–Crippen MR) is 126 cm³/mol. The quantitative estimate of drug-likeness (QED) is 0.370. The molecule has 3 nitrogen and oxygen atoms in total. The van der Waals surface area contributed by atoms with E-state index in [1.54, 1.807) is 0 Å². The van der Waals surface area contributed by atoms with Gasteiger partial charge < -0.3 is 9.47 Å². The van der Waals surface area contributed by atoms with Crippen LogP contribution in [-0.4, -0.2) is 34.1 Å². The second-order valence-corrected chi connectivity index (χ2v) is 8.56. The molecule has 0 saturated carbocycles. The predicted octanol–water partition coefficient (Wildman–Crippen LogP) is 6.51. The minimum absolute atomic E-state index is 0.768. The van der Waals surface area contributed by atoms with Crippen molar-refractivity contribution in [3.05, 3.63) is 78.2 Å². The van der Waals surface area contributed by atoms with E-state index in [0.717, 1.165) is 29.2 Å². The Morgan fingerprint density at radius 3 is 2.43 bits per heavy atom. The number of nitrogens with zero attached hydrogens (tertiary/aromatic N) is 3. The lowest BCUT2D eigenvalue weighted by Gasteiger charge is -2.26. The molecule has 1 fully saturated rings. The fourth-order valence-corrected chi connectivity index (χ4v) is 4.66. The first-order valence-corrected chi connectivity index (χ1v) is 11.2. The van der Waals surface area contributed by atoms with E-state index >= 15 is 0 Å². The summed E-state index contributed by atoms with van der Waals surface area (Å²) in [5, 5.41) is 1.96. The second kappa shape index (κ2) is 8.63. The number of aromatic nitrogens is 2. The van der Waals surface area contributed by atoms with Crippen molar-refractivity contribution in [2.24, 2.45) is 0 Å². The molecule has 1 aliphatic heterocycles. The number of fused-ring (bicyclic) bond motifs is 1. The van der Waals surface area contributed by atoms with Gasteiger partial charge in [-0.25, -0.2) is 0 Å². The fourth-order valence-electron chi connectivity index (χ4n) is 4.49. The Bertz CT molecular complexity index is 1140. The van der Waals surface area contributed by atoms with Gasteiger partial charge in [0.15, 0.2) is 0 Å². The lowest BCUT2D eigenvalue weighted by atomic mass is 10.0. The number of benzene rings is 2. The molecular weight excluding hydrogens is 390 g/mol. The van der Waals surface area contributed by atoms with E-state index < -0.39 is 0 Å². The van der Waals surface area contributed by atoms with Gasteiger partial charge in [-0.2, -0.15) is 0 Å². The smallest absolute Gasteiger partial charge is 0.0488 e. The van der Waals surface area contributed by atoms with E-state index in [1.807, 2.05) is 24.5 Å². The highest BCUT2D eigenvalue weighted by atomic mass is 35.5. The molecule has 2 aromatic heterocycles. The Kier molecular flexibility index (Phi) is 5.56. The van der Waals surface area contributed by atoms with E-state index in [9.17, 15) is 0 Å². The molecule has 4 heteroatoms. The molecule has 0 unspecified atom stereocenters. The topological polar surface area (TPSA) is 21.1 Å². The largest absolute Gasteiger partial charge is 0.346 e. The molecule has 3 heterocycles. The Hall–Kier alpha value is -2.62. The highest BCUT2D eigenvalue weighted by Crippen LogP contribution is 2.34. The number of rotatable bonds is 5. The van der Waals surface area contributed by atoms with E-state index in [4.69, 9.17) is 11.6 Å². The molecule has 1 saturated heterocycles. The lowest BCUT2D eigenvalue weighted by Crippen LogP contribution is -2.32. The third-order valence-corrected chi connectivity index (χ3v) is 6.34. The maximum Gasteiger partial charge on any atom is 0.0488 e. The third kappa shape index (κ3) is 4.00. The van der Waals surface area contributed by atoms with Gasteiger partial charge in [0.1, 0.15) is 0 Å². The van der Waals surface area contributed by atoms with Crippen LogP contribution in [0.25, 0.3) is 33.2 Å². The summed E-state index contributed by atoms with van der Waals surface area (Å²) in [6.07, 6.45) is 10.2. The van der Waals surface area contributed by atoms with Gasteiger partial charge in [0.2, 0.25) is 0 Å². The Labute approximate surface area is 182 Å². The highest BCUT2D eigenvalue weighted by molar-refractivity contribution is 6.31. The van der Waals surface area contributed by atoms with Crippen molar-refractivity contribution in [2.45, 2.75) is 25.8 Å². The second-order valence-electron chi connectivity index (χ2n) is 8.13. The summed E-state index contributed by atoms with van der Waals surface area (Å²) in [7, 11) is 0. The molecule has 0 radical (unpaired) electrons. The zero-order chi connectivity index (χ0) is 20.3. The number of piperidine rings is 1. The van der Waals surface area contributed by atoms with Crippen LogP contribution in [0.15, 0.2) is 73.2 Å². The first-order chi connectivity index (χ1) is 14.8. The average molecular weight is 416 g/mol. The van der Waals surface area contributed by atoms with Gasteiger partial charge in [0.05, 0.1) is 0 Å². The summed E-state index contributed by atoms with van der Waals surface area (Å²) in [5.41, 5.74) is 5.86. The van der Waals surface area contributed by atoms with Gasteiger partial charge in [0.25, 0.3) is 0 Å². The summed E-state index contributed by atoms with van der Waals surface area (Å²) in [4.78, 5) is 7.13. The zero-order valence-electron chi connectivity index (χ0n) is 17.1. The summed E-state index contributed by atoms with van der Waals surface area (Å²) in [6.45, 7) is 4.53. The van der Waals surface area contributed by atoms with E-state index in [0.29, 0.717) is 0 Å². The Balaban J connectivity index is 1.52. The van der Waals surface area contributed by atoms with Crippen molar-refractivity contribution in [1.29, 1.82) is 0 Å². The molecule has 0 aliphatic carbocycles. The standard InChI is InChI=1S/C26H26ClN3/c27-23-9-10-26-24(16-23)25(19-30(26)14-13-29-11-5-2-6-12-29)22-15-21(17-28-18-22)20-7-3-1-4-8-20/h1,3-4,7-10,15-19H,2,5-6,11-14H2. The summed E-state index contributed by atoms with van der Waals surface area (Å²) >= 11 is 6.38. The summed E-state index contributed by atoms with van der Waals surface area (Å²) in [5.74, 6) is 0. The monoisotopic (exact) mass is 415 g/mol. The van der Waals surface area contributed by atoms with Gasteiger partial charge in [-0.1, -0.05) is 48.4 Å². The molecule has 0 atom stereocenters. The number of likely N-dealkylation sites (tertiary alicyclic amines) is 1. The molecule has 152 valence electrons. The first kappa shape index (κ1) is 19.3. The SMILES string of the molecule is Clc1ccc2c(c1)c(-c1cncc(-c3ccccc3)c1)cn2CCN1CCCCC1. The van der Waals surface area contributed by atoms with Crippen LogP contribution in [0, 0.1) is 0 Å². The van der Waals surface area contributed by atoms with Crippen LogP contribution in [0.2, 0.25) is 5.02 Å². The number of hydrogen-bond acceptors (Lipinski definition) is 2. The molecule has 0 spiro atoms. The molecule has 30 heavy (non-hydrogen) atoms. The van der Waals surface area contributed by atoms with Crippen LogP contribution >= 0.6 is 11.6 Å². The Morgan fingerprint density at radius 1 is 0.800 bits per heavy atom. The molecule has 0 bridgehead atoms. The molecule has 1 aliphatic rings. The Morgan fingerprint density at radius 2 is 1.60 bits per heavy atom. The zero-order valence-corrected chi connectivity index (χ0v) is 17.9. The van der Waals surface area contributed by atoms with E-state index in [-0.39, 0.29) is 0 Å². The summed E-state index contributed by atoms with van der Waals surface area (Å²) in [6, 6.07) is 18.9. The maximum absolute atomic E-state index is 6.38. The number of pyridine rings is 1. The lowest BCUT2D eigenvalue weighted by molar-refractivity contribution is 0.222. The van der Waals surface area contributed by atoms with Crippen molar-refractivity contribution < 1.29 is 0 Å². The minimum Gasteiger partial charge on any atom is -0.346 e. The molecule has 0 N–H and O–H groups in total. The van der Waals surface area contributed by atoms with Crippen LogP contribution < -0.4 is 0 Å². The van der Waals surface area contributed by atoms with Crippen molar-refractivity contribution in [2.75, 3.05) is 19.6 Å². The maximum atomic E-state index is 6.38. The van der Waals surface area contributed by atoms with Crippen LogP contribution in [-0.2, 0) is 6.54 Å². The normalized spacial score (nSPS) is 15.0. The third-order valence-electron chi connectivity index (χ3n) is 6.11. The van der Waals surface area contributed by atoms with Gasteiger partial charge >= 0.3 is 0 Å². The van der Waals surface area contributed by atoms with Crippen molar-refractivity contribution in [3.8, 4) is 22.3 Å². The summed E-state index contributed by atoms with van der Waals surface area (Å²) < 4.78 is 2.38. The number of hydrogen-bond donors (Lipinski definition) is 0. The fraction of sp³-hybridized carbons (Fsp3) is 0.269. The van der Waals surface area contributed by atoms with Crippen LogP contribution in [0.4, 0.5) is 0 Å². The molecular formula is C26H26ClN3. The van der Waals surface area contributed by atoms with Gasteiger partial charge in [-0.3, -0.25) is 4.98 Å². The van der Waals surface area contributed by atoms with E-state index in [2.05, 4.69) is 63.1 Å². The van der Waals surface area contributed by atoms with Gasteiger partial charge in [-0.15, -0.1) is 0 Å². The van der Waals surface area contributed by atoms with Crippen molar-refractivity contribution in [1.82, 2.24) is 14.5 Å². The molecule has 0 amide bonds. The molecule has 2 aromatic carbocycles. The highest BCUT2D eigenvalue weighted by Gasteiger charge is 2.14. The van der Waals surface area contributed by atoms with Gasteiger partial charge in [0, 0.05) is 64.3 Å². The minimum atomic E-state index is 0.768. The van der Waals surface area contributed by atoms with E-state index in [1.165, 1.54) is 54.4 Å². The van der Waals surface area contributed by atoms with Crippen LogP contribution in [0.5, 0.6) is 0 Å². The first-order valence-electron chi connectivity index (χ1n) is 10.8.